The highest BCUT2D eigenvalue weighted by Gasteiger charge is 2.62. The summed E-state index contributed by atoms with van der Waals surface area (Å²) >= 11 is 3.68. The Morgan fingerprint density at radius 1 is 0.274 bits per heavy atom. The molecule has 1 aromatic heterocycles. The fourth-order valence-electron chi connectivity index (χ4n) is 13.1. The van der Waals surface area contributed by atoms with Crippen molar-refractivity contribution in [3.05, 3.63) is 102 Å². The Bertz CT molecular complexity index is 2310. The summed E-state index contributed by atoms with van der Waals surface area (Å²) in [6, 6.07) is 31.2. The molecule has 1 heterocycles. The van der Waals surface area contributed by atoms with Crippen LogP contribution < -0.4 is 0 Å². The van der Waals surface area contributed by atoms with Crippen LogP contribution in [0.4, 0.5) is 0 Å². The van der Waals surface area contributed by atoms with E-state index in [0.29, 0.717) is 0 Å². The molecular weight excluding hydrogens is 1010 g/mol. The van der Waals surface area contributed by atoms with Crippen LogP contribution in [0, 0.1) is 0 Å². The largest absolute Gasteiger partial charge is 0.256 e. The fourth-order valence-corrected chi connectivity index (χ4v) is 13.6. The Morgan fingerprint density at radius 3 is 0.810 bits per heavy atom. The molecule has 0 aliphatic heterocycles. The van der Waals surface area contributed by atoms with Crippen molar-refractivity contribution in [3.63, 3.8) is 0 Å². The summed E-state index contributed by atoms with van der Waals surface area (Å²) in [5.74, 6) is 0. The van der Waals surface area contributed by atoms with Gasteiger partial charge in [-0.1, -0.05) is 94.8 Å². The number of hydrogen-bond donors (Lipinski definition) is 0. The summed E-state index contributed by atoms with van der Waals surface area (Å²) in [6.07, 6.45) is -37.0. The van der Waals surface area contributed by atoms with Crippen LogP contribution in [-0.2, 0) is 0 Å². The van der Waals surface area contributed by atoms with Crippen LogP contribution in [0.15, 0.2) is 102 Å². The van der Waals surface area contributed by atoms with Crippen LogP contribution in [-0.4, -0.2) is 423 Å². The van der Waals surface area contributed by atoms with Gasteiger partial charge >= 0.3 is 0 Å². The smallest absolute Gasteiger partial charge is 0.0708 e. The van der Waals surface area contributed by atoms with E-state index < -0.39 is 179 Å². The van der Waals surface area contributed by atoms with Crippen molar-refractivity contribution >= 4 is 434 Å². The van der Waals surface area contributed by atoms with Gasteiger partial charge < -0.3 is 0 Å². The molecule has 0 aliphatic rings. The van der Waals surface area contributed by atoms with Gasteiger partial charge in [0, 0.05) is 440 Å². The van der Waals surface area contributed by atoms with Gasteiger partial charge in [0.1, 0.15) is 0 Å². The molecule has 0 bridgehead atoms. The van der Waals surface area contributed by atoms with Crippen molar-refractivity contribution in [2.75, 3.05) is 0 Å². The third-order valence-corrected chi connectivity index (χ3v) is 17.1. The van der Waals surface area contributed by atoms with Gasteiger partial charge in [-0.2, -0.15) is 0 Å². The van der Waals surface area contributed by atoms with Crippen LogP contribution in [0.2, 0.25) is 0 Å². The summed E-state index contributed by atoms with van der Waals surface area (Å²) in [5.41, 5.74) is 6.75. The summed E-state index contributed by atoms with van der Waals surface area (Å²) in [7, 11) is 198. The van der Waals surface area contributed by atoms with Crippen molar-refractivity contribution in [2.24, 2.45) is 0 Å². The lowest BCUT2D eigenvalue weighted by atomic mass is 8.23. The number of benzene rings is 3. The SMILES string of the molecule is Brc1ccccc1-c1cnc(-c2ccccc2)cc1-c1ccccc1.[B][B]B([B])B(B(B([B])[B])B([B])[B])B(B(B(B([B])[B])B([B])[B])B(B([B])[B])B([B])[B])B(B(B(B([B])[B])B([B])[B])B(B([B])[B])B([B])[B])B(B(B([B])[B])B([B])[B])B(B([B])[B])B([B])[B]. The first-order valence-corrected chi connectivity index (χ1v) is 28.3. The first-order valence-electron chi connectivity index (χ1n) is 27.5. The molecule has 0 aliphatic carbocycles. The first-order chi connectivity index (χ1) is 39.2. The molecule has 0 N–H and O–H groups in total. The molecule has 0 unspecified atom stereocenters. The molecule has 0 saturated carbocycles. The predicted octanol–water partition coefficient (Wildman–Crippen LogP) is -15.6. The van der Waals surface area contributed by atoms with Crippen LogP contribution >= 0.6 is 15.9 Å². The van der Waals surface area contributed by atoms with Crippen LogP contribution in [0.1, 0.15) is 0 Å². The highest BCUT2D eigenvalue weighted by atomic mass is 79.9. The Hall–Kier alpha value is 1.12. The normalized spacial score (nSPS) is 9.96. The third kappa shape index (κ3) is 21.1. The molecule has 297 valence electrons. The quantitative estimate of drug-likeness (QED) is 0.0458. The van der Waals surface area contributed by atoms with Gasteiger partial charge in [0.05, 0.1) is 5.69 Å². The molecule has 0 spiro atoms. The molecule has 4 aromatic rings. The van der Waals surface area contributed by atoms with Crippen molar-refractivity contribution in [2.45, 2.75) is 0 Å². The Kier molecular flexibility index (Phi) is 35.6. The van der Waals surface area contributed by atoms with Crippen molar-refractivity contribution in [3.8, 4) is 33.5 Å². The first kappa shape index (κ1) is 79.4. The van der Waals surface area contributed by atoms with Crippen LogP contribution in [0.3, 0.4) is 0 Å². The molecule has 3 aromatic carbocycles. The molecule has 0 atom stereocenters. The standard InChI is InChI=1S/C23H16BrN.B59/c24-22-14-8-7-13-19(22)21-16-25-23(18-11-5-2-6-12-18)15-20(21)17-9-3-1-4-10-17;1-31-46(30)54(47(32(2)3)33(4)5)58(55(48(34(6)7)35(8)9)49(36(10)11)37(12)13)59(56(50(38(14)15)39(16)17)51(40(18)19)41(20)21)57(52(42(22)23)43(24)25)53(44(26)27)45(28)29/h1-16H;. The number of hydrogen-bond acceptors (Lipinski definition) is 1. The maximum Gasteiger partial charge on any atom is 0.0708 e. The summed E-state index contributed by atoms with van der Waals surface area (Å²) in [6.45, 7) is 0. The van der Waals surface area contributed by atoms with Gasteiger partial charge in [-0.15, -0.1) is 0 Å². The highest BCUT2D eigenvalue weighted by molar-refractivity contribution is 9.10. The molecule has 0 amide bonds. The second-order valence-electron chi connectivity index (χ2n) is 22.2. The van der Waals surface area contributed by atoms with Gasteiger partial charge in [0.25, 0.3) is 0 Å². The lowest BCUT2D eigenvalue weighted by Crippen LogP contribution is -2.97. The maximum atomic E-state index is 7.01. The third-order valence-electron chi connectivity index (χ3n) is 16.4. The van der Waals surface area contributed by atoms with E-state index in [-0.39, 0.29) is 0 Å². The number of nitrogens with zero attached hydrogens (tertiary/aromatic N) is 1. The fraction of sp³-hybridized carbons (Fsp3) is 0. The van der Waals surface area contributed by atoms with E-state index in [2.05, 4.69) is 76.6 Å². The molecule has 61 radical (unpaired) electrons. The van der Waals surface area contributed by atoms with Gasteiger partial charge in [0.15, 0.2) is 0 Å². The second-order valence-corrected chi connectivity index (χ2v) is 23.0. The molecule has 1 nitrogen and oxygen atoms in total. The van der Waals surface area contributed by atoms with E-state index in [9.17, 15) is 0 Å². The van der Waals surface area contributed by atoms with E-state index in [1.165, 1.54) is 11.1 Å². The Labute approximate surface area is 568 Å². The Balaban J connectivity index is 0.000000601. The van der Waals surface area contributed by atoms with E-state index in [1.807, 2.05) is 36.5 Å². The van der Waals surface area contributed by atoms with Crippen LogP contribution in [0.5, 0.6) is 0 Å². The van der Waals surface area contributed by atoms with Crippen LogP contribution in [0.25, 0.3) is 33.5 Å². The molecule has 61 heteroatoms. The van der Waals surface area contributed by atoms with Gasteiger partial charge in [-0.25, -0.2) is 0 Å². The molecular formula is C23H16B59BrN. The van der Waals surface area contributed by atoms with Gasteiger partial charge in [0.2, 0.25) is 0 Å². The maximum absolute atomic E-state index is 7.01. The summed E-state index contributed by atoms with van der Waals surface area (Å²) in [5, 5.41) is 0. The zero-order chi connectivity index (χ0) is 63.9. The van der Waals surface area contributed by atoms with Crippen molar-refractivity contribution in [1.29, 1.82) is 0 Å². The van der Waals surface area contributed by atoms with Gasteiger partial charge in [-0.3, -0.25) is 4.98 Å². The highest BCUT2D eigenvalue weighted by Crippen LogP contribution is 2.37. The van der Waals surface area contributed by atoms with E-state index >= 15 is 0 Å². The van der Waals surface area contributed by atoms with Crippen molar-refractivity contribution in [1.82, 2.24) is 4.98 Å². The summed E-state index contributed by atoms with van der Waals surface area (Å²) < 4.78 is 1.07. The minimum Gasteiger partial charge on any atom is -0.256 e. The second kappa shape index (κ2) is 37.7. The minimum absolute atomic E-state index is 0.982. The topological polar surface area (TPSA) is 12.9 Å². The number of pyridine rings is 1. The average molecular weight is 1020 g/mol. The van der Waals surface area contributed by atoms with E-state index in [4.69, 9.17) is 237 Å². The Morgan fingerprint density at radius 2 is 0.524 bits per heavy atom. The predicted molar refractivity (Wildman–Crippen MR) is 448 cm³/mol. The lowest BCUT2D eigenvalue weighted by molar-refractivity contribution is 1.32. The molecule has 0 saturated heterocycles. The van der Waals surface area contributed by atoms with E-state index in [1.54, 1.807) is 0 Å². The molecule has 84 heavy (non-hydrogen) atoms. The number of halogens is 1. The summed E-state index contributed by atoms with van der Waals surface area (Å²) in [4.78, 5) is 4.73. The molecule has 4 rings (SSSR count). The molecule has 0 fully saturated rings. The zero-order valence-corrected chi connectivity index (χ0v) is 49.2. The monoisotopic (exact) mass is 1030 g/mol. The number of rotatable bonds is 31. The number of aromatic nitrogens is 1. The van der Waals surface area contributed by atoms with Gasteiger partial charge in [-0.05, 0) is 28.8 Å². The van der Waals surface area contributed by atoms with Crippen molar-refractivity contribution < 1.29 is 0 Å². The lowest BCUT2D eigenvalue weighted by Gasteiger charge is -2.58. The average Bonchev–Trinajstić information content (AvgIpc) is 0.881. The zero-order valence-electron chi connectivity index (χ0n) is 47.6. The minimum atomic E-state index is -1.47. The van der Waals surface area contributed by atoms with E-state index in [0.717, 1.165) is 33.9 Å².